The standard InChI is InChI=1S/C19H23N5O2/c1-11-13-9-25-19(2,3)8-12(13)14-15-16(26-18(14)23-11)17(22-10-21-15)24-6-4-20-5-7-24/h10,20H,4-9H2,1-3H3. The van der Waals surface area contributed by atoms with E-state index < -0.39 is 0 Å². The summed E-state index contributed by atoms with van der Waals surface area (Å²) >= 11 is 0. The second-order valence-corrected chi connectivity index (χ2v) is 7.77. The Morgan fingerprint density at radius 1 is 1.15 bits per heavy atom. The van der Waals surface area contributed by atoms with E-state index in [0.717, 1.165) is 60.6 Å². The van der Waals surface area contributed by atoms with Gasteiger partial charge in [0.1, 0.15) is 11.8 Å². The minimum Gasteiger partial charge on any atom is -0.432 e. The van der Waals surface area contributed by atoms with Crippen molar-refractivity contribution in [2.75, 3.05) is 31.1 Å². The van der Waals surface area contributed by atoms with Gasteiger partial charge in [0.15, 0.2) is 11.4 Å². The van der Waals surface area contributed by atoms with Gasteiger partial charge in [-0.15, -0.1) is 0 Å². The highest BCUT2D eigenvalue weighted by molar-refractivity contribution is 6.06. The number of hydrogen-bond acceptors (Lipinski definition) is 7. The van der Waals surface area contributed by atoms with Crippen molar-refractivity contribution in [3.8, 4) is 0 Å². The first kappa shape index (κ1) is 16.0. The smallest absolute Gasteiger partial charge is 0.229 e. The van der Waals surface area contributed by atoms with Gasteiger partial charge in [0, 0.05) is 43.9 Å². The molecule has 2 aliphatic heterocycles. The van der Waals surface area contributed by atoms with Crippen molar-refractivity contribution >= 4 is 28.0 Å². The number of aromatic nitrogens is 3. The first-order chi connectivity index (χ1) is 12.5. The number of pyridine rings is 1. The number of anilines is 1. The largest absolute Gasteiger partial charge is 0.432 e. The summed E-state index contributed by atoms with van der Waals surface area (Å²) in [6.45, 7) is 10.6. The van der Waals surface area contributed by atoms with Crippen LogP contribution in [0.15, 0.2) is 10.7 Å². The lowest BCUT2D eigenvalue weighted by Crippen LogP contribution is -2.43. The van der Waals surface area contributed by atoms with E-state index in [9.17, 15) is 0 Å². The summed E-state index contributed by atoms with van der Waals surface area (Å²) in [4.78, 5) is 16.1. The predicted octanol–water partition coefficient (Wildman–Crippen LogP) is 2.34. The molecule has 0 aliphatic carbocycles. The molecule has 7 heteroatoms. The summed E-state index contributed by atoms with van der Waals surface area (Å²) in [5, 5.41) is 4.40. The number of rotatable bonds is 1. The fraction of sp³-hybridized carbons (Fsp3) is 0.526. The van der Waals surface area contributed by atoms with Gasteiger partial charge in [-0.1, -0.05) is 0 Å². The van der Waals surface area contributed by atoms with Gasteiger partial charge in [-0.25, -0.2) is 15.0 Å². The molecule has 1 N–H and O–H groups in total. The van der Waals surface area contributed by atoms with E-state index in [1.807, 2.05) is 6.92 Å². The second-order valence-electron chi connectivity index (χ2n) is 7.77. The maximum Gasteiger partial charge on any atom is 0.229 e. The first-order valence-corrected chi connectivity index (χ1v) is 9.19. The van der Waals surface area contributed by atoms with Crippen LogP contribution in [0.5, 0.6) is 0 Å². The fourth-order valence-corrected chi connectivity index (χ4v) is 4.06. The van der Waals surface area contributed by atoms with Gasteiger partial charge in [-0.3, -0.25) is 0 Å². The van der Waals surface area contributed by atoms with Crippen molar-refractivity contribution in [1.82, 2.24) is 20.3 Å². The lowest BCUT2D eigenvalue weighted by Gasteiger charge is -2.32. The predicted molar refractivity (Wildman–Crippen MR) is 99.5 cm³/mol. The van der Waals surface area contributed by atoms with Crippen LogP contribution in [0.2, 0.25) is 0 Å². The molecule has 26 heavy (non-hydrogen) atoms. The number of piperazine rings is 1. The molecule has 0 atom stereocenters. The monoisotopic (exact) mass is 353 g/mol. The molecular formula is C19H23N5O2. The van der Waals surface area contributed by atoms with Crippen LogP contribution in [0.25, 0.3) is 22.2 Å². The minimum atomic E-state index is -0.203. The summed E-state index contributed by atoms with van der Waals surface area (Å²) in [6.07, 6.45) is 2.47. The lowest BCUT2D eigenvalue weighted by atomic mass is 9.89. The van der Waals surface area contributed by atoms with Crippen molar-refractivity contribution in [2.45, 2.75) is 39.4 Å². The molecule has 0 radical (unpaired) electrons. The molecule has 136 valence electrons. The van der Waals surface area contributed by atoms with E-state index in [-0.39, 0.29) is 5.60 Å². The van der Waals surface area contributed by atoms with E-state index in [1.54, 1.807) is 6.33 Å². The SMILES string of the molecule is Cc1nc2oc3c(N4CCNCC4)ncnc3c2c2c1COC(C)(C)C2. The lowest BCUT2D eigenvalue weighted by molar-refractivity contribution is -0.0400. The van der Waals surface area contributed by atoms with E-state index in [1.165, 1.54) is 11.1 Å². The maximum absolute atomic E-state index is 6.21. The number of fused-ring (bicyclic) bond motifs is 5. The molecule has 0 amide bonds. The highest BCUT2D eigenvalue weighted by Gasteiger charge is 2.32. The van der Waals surface area contributed by atoms with Gasteiger partial charge in [-0.05, 0) is 26.3 Å². The maximum atomic E-state index is 6.21. The van der Waals surface area contributed by atoms with E-state index in [2.05, 4.69) is 34.0 Å². The van der Waals surface area contributed by atoms with Crippen molar-refractivity contribution < 1.29 is 9.15 Å². The zero-order chi connectivity index (χ0) is 17.9. The quantitative estimate of drug-likeness (QED) is 0.719. The summed E-state index contributed by atoms with van der Waals surface area (Å²) in [5.74, 6) is 0.868. The molecule has 1 fully saturated rings. The van der Waals surface area contributed by atoms with Crippen molar-refractivity contribution in [3.05, 3.63) is 23.1 Å². The molecule has 0 bridgehead atoms. The van der Waals surface area contributed by atoms with Gasteiger partial charge in [-0.2, -0.15) is 0 Å². The molecule has 0 saturated carbocycles. The molecule has 3 aromatic heterocycles. The number of nitrogens with zero attached hydrogens (tertiary/aromatic N) is 4. The molecule has 0 aromatic carbocycles. The van der Waals surface area contributed by atoms with Crippen LogP contribution in [0.1, 0.15) is 30.7 Å². The summed E-state index contributed by atoms with van der Waals surface area (Å²) in [7, 11) is 0. The average Bonchev–Trinajstić information content (AvgIpc) is 2.99. The van der Waals surface area contributed by atoms with Gasteiger partial charge in [0.05, 0.1) is 17.6 Å². The molecule has 0 spiro atoms. The zero-order valence-electron chi connectivity index (χ0n) is 15.4. The molecule has 5 heterocycles. The average molecular weight is 353 g/mol. The Hall–Kier alpha value is -2.25. The molecule has 5 rings (SSSR count). The van der Waals surface area contributed by atoms with Crippen LogP contribution in [-0.2, 0) is 17.8 Å². The molecule has 7 nitrogen and oxygen atoms in total. The molecule has 3 aromatic rings. The second kappa shape index (κ2) is 5.62. The molecule has 0 unspecified atom stereocenters. The van der Waals surface area contributed by atoms with E-state index >= 15 is 0 Å². The normalized spacial score (nSPS) is 19.9. The van der Waals surface area contributed by atoms with Crippen LogP contribution in [0.4, 0.5) is 5.82 Å². The zero-order valence-corrected chi connectivity index (χ0v) is 15.4. The number of nitrogens with one attached hydrogen (secondary N) is 1. The summed E-state index contributed by atoms with van der Waals surface area (Å²) in [5.41, 5.74) is 5.46. The topological polar surface area (TPSA) is 76.3 Å². The molecule has 2 aliphatic rings. The number of ether oxygens (including phenoxy) is 1. The number of aryl methyl sites for hydroxylation is 1. The molecular weight excluding hydrogens is 330 g/mol. The van der Waals surface area contributed by atoms with Crippen LogP contribution in [0, 0.1) is 6.92 Å². The Labute approximate surface area is 151 Å². The Morgan fingerprint density at radius 2 is 1.96 bits per heavy atom. The third-order valence-corrected chi connectivity index (χ3v) is 5.43. The van der Waals surface area contributed by atoms with Gasteiger partial charge >= 0.3 is 0 Å². The Morgan fingerprint density at radius 3 is 2.77 bits per heavy atom. The van der Waals surface area contributed by atoms with Crippen molar-refractivity contribution in [2.24, 2.45) is 0 Å². The number of furan rings is 1. The Balaban J connectivity index is 1.78. The highest BCUT2D eigenvalue weighted by atomic mass is 16.5. The van der Waals surface area contributed by atoms with E-state index in [0.29, 0.717) is 12.3 Å². The first-order valence-electron chi connectivity index (χ1n) is 9.19. The Bertz CT molecular complexity index is 1000. The number of hydrogen-bond donors (Lipinski definition) is 1. The minimum absolute atomic E-state index is 0.203. The fourth-order valence-electron chi connectivity index (χ4n) is 4.06. The van der Waals surface area contributed by atoms with E-state index in [4.69, 9.17) is 14.1 Å². The summed E-state index contributed by atoms with van der Waals surface area (Å²) < 4.78 is 12.2. The summed E-state index contributed by atoms with van der Waals surface area (Å²) in [6, 6.07) is 0. The third-order valence-electron chi connectivity index (χ3n) is 5.43. The van der Waals surface area contributed by atoms with Crippen molar-refractivity contribution in [3.63, 3.8) is 0 Å². The van der Waals surface area contributed by atoms with Gasteiger partial charge in [0.25, 0.3) is 0 Å². The van der Waals surface area contributed by atoms with Gasteiger partial charge in [0.2, 0.25) is 5.71 Å². The van der Waals surface area contributed by atoms with Crippen LogP contribution in [-0.4, -0.2) is 46.7 Å². The van der Waals surface area contributed by atoms with Gasteiger partial charge < -0.3 is 19.4 Å². The molecule has 1 saturated heterocycles. The third kappa shape index (κ3) is 2.38. The van der Waals surface area contributed by atoms with Crippen LogP contribution >= 0.6 is 0 Å². The van der Waals surface area contributed by atoms with Crippen LogP contribution < -0.4 is 10.2 Å². The van der Waals surface area contributed by atoms with Crippen molar-refractivity contribution in [1.29, 1.82) is 0 Å². The van der Waals surface area contributed by atoms with Crippen LogP contribution in [0.3, 0.4) is 0 Å². The Kier molecular flexibility index (Phi) is 3.45. The highest BCUT2D eigenvalue weighted by Crippen LogP contribution is 2.39.